The number of esters is 1. The van der Waals surface area contributed by atoms with Gasteiger partial charge in [-0.25, -0.2) is 0 Å². The van der Waals surface area contributed by atoms with Crippen LogP contribution in [-0.2, 0) is 9.53 Å². The van der Waals surface area contributed by atoms with Gasteiger partial charge in [0.05, 0.1) is 0 Å². The lowest BCUT2D eigenvalue weighted by atomic mass is 10.1. The van der Waals surface area contributed by atoms with Crippen molar-refractivity contribution in [3.8, 4) is 0 Å². The van der Waals surface area contributed by atoms with Crippen LogP contribution in [0, 0.1) is 0 Å². The van der Waals surface area contributed by atoms with E-state index in [-0.39, 0.29) is 12.4 Å². The molecule has 1 aliphatic rings. The summed E-state index contributed by atoms with van der Waals surface area (Å²) >= 11 is 0. The molecule has 72 valence electrons. The van der Waals surface area contributed by atoms with Gasteiger partial charge in [0.15, 0.2) is 0 Å². The zero-order valence-corrected chi connectivity index (χ0v) is 7.82. The van der Waals surface area contributed by atoms with Gasteiger partial charge < -0.3 is 15.2 Å². The van der Waals surface area contributed by atoms with Crippen molar-refractivity contribution in [3.05, 3.63) is 0 Å². The summed E-state index contributed by atoms with van der Waals surface area (Å²) in [5.74, 6) is -1.63. The highest BCUT2D eigenvalue weighted by molar-refractivity contribution is 5.85. The maximum atomic E-state index is 10.5. The van der Waals surface area contributed by atoms with E-state index in [1.54, 1.807) is 0 Å². The van der Waals surface area contributed by atoms with Crippen molar-refractivity contribution in [1.29, 1.82) is 0 Å². The fourth-order valence-electron chi connectivity index (χ4n) is 1.19. The first-order valence-electron chi connectivity index (χ1n) is 3.75. The molecule has 0 unspecified atom stereocenters. The van der Waals surface area contributed by atoms with Gasteiger partial charge in [-0.05, 0) is 0 Å². The second-order valence-corrected chi connectivity index (χ2v) is 2.79. The molecular weight excluding hydrogens is 182 g/mol. The van der Waals surface area contributed by atoms with Crippen molar-refractivity contribution in [2.24, 2.45) is 0 Å². The Hall–Kier alpha value is -0.320. The molecule has 0 atom stereocenters. The second-order valence-electron chi connectivity index (χ2n) is 2.79. The van der Waals surface area contributed by atoms with Gasteiger partial charge in [0, 0.05) is 32.9 Å². The normalized spacial score (nSPS) is 20.8. The lowest BCUT2D eigenvalue weighted by Crippen LogP contribution is -2.44. The highest BCUT2D eigenvalue weighted by atomic mass is 35.5. The van der Waals surface area contributed by atoms with Crippen LogP contribution in [0.4, 0.5) is 0 Å². The number of piperidine rings is 1. The number of ether oxygens (including phenoxy) is 1. The molecule has 1 fully saturated rings. The van der Waals surface area contributed by atoms with E-state index in [0.717, 1.165) is 0 Å². The number of carbonyl (C=O) groups excluding carboxylic acids is 1. The third-order valence-electron chi connectivity index (χ3n) is 1.72. The summed E-state index contributed by atoms with van der Waals surface area (Å²) in [6.45, 7) is 2.70. The van der Waals surface area contributed by atoms with E-state index in [0.29, 0.717) is 25.9 Å². The standard InChI is InChI=1S/C7H13NO3.ClH/c1-6(9)11-7(10)2-4-8-5-3-7;/h8,10H,2-5H2,1H3;1H. The Morgan fingerprint density at radius 1 is 1.50 bits per heavy atom. The molecule has 0 aliphatic carbocycles. The molecule has 1 aliphatic heterocycles. The van der Waals surface area contributed by atoms with Crippen LogP contribution < -0.4 is 5.32 Å². The van der Waals surface area contributed by atoms with Crippen molar-refractivity contribution in [3.63, 3.8) is 0 Å². The quantitative estimate of drug-likeness (QED) is 0.458. The molecule has 0 aromatic carbocycles. The molecule has 1 saturated heterocycles. The van der Waals surface area contributed by atoms with Crippen molar-refractivity contribution >= 4 is 18.4 Å². The van der Waals surface area contributed by atoms with Crippen LogP contribution in [0.15, 0.2) is 0 Å². The van der Waals surface area contributed by atoms with E-state index in [1.807, 2.05) is 0 Å². The lowest BCUT2D eigenvalue weighted by molar-refractivity contribution is -0.215. The highest BCUT2D eigenvalue weighted by Crippen LogP contribution is 2.19. The van der Waals surface area contributed by atoms with Gasteiger partial charge in [-0.15, -0.1) is 12.4 Å². The Morgan fingerprint density at radius 2 is 2.00 bits per heavy atom. The smallest absolute Gasteiger partial charge is 0.305 e. The van der Waals surface area contributed by atoms with Gasteiger partial charge in [0.25, 0.3) is 0 Å². The fourth-order valence-corrected chi connectivity index (χ4v) is 1.19. The first-order chi connectivity index (χ1) is 5.12. The number of hydrogen-bond donors (Lipinski definition) is 2. The molecule has 0 amide bonds. The average Bonchev–Trinajstić information content (AvgIpc) is 1.85. The van der Waals surface area contributed by atoms with Crippen molar-refractivity contribution in [2.45, 2.75) is 25.6 Å². The molecule has 1 rings (SSSR count). The largest absolute Gasteiger partial charge is 0.433 e. The number of aliphatic hydroxyl groups is 1. The van der Waals surface area contributed by atoms with Crippen LogP contribution in [0.5, 0.6) is 0 Å². The van der Waals surface area contributed by atoms with Crippen LogP contribution in [-0.4, -0.2) is 30.0 Å². The van der Waals surface area contributed by atoms with Gasteiger partial charge in [-0.3, -0.25) is 4.79 Å². The fraction of sp³-hybridized carbons (Fsp3) is 0.857. The van der Waals surface area contributed by atoms with Crippen LogP contribution in [0.2, 0.25) is 0 Å². The summed E-state index contributed by atoms with van der Waals surface area (Å²) in [6.07, 6.45) is 0.958. The maximum Gasteiger partial charge on any atom is 0.305 e. The molecule has 0 bridgehead atoms. The first-order valence-corrected chi connectivity index (χ1v) is 3.75. The van der Waals surface area contributed by atoms with Crippen LogP contribution in [0.25, 0.3) is 0 Å². The number of hydrogen-bond acceptors (Lipinski definition) is 4. The zero-order valence-electron chi connectivity index (χ0n) is 7.00. The Balaban J connectivity index is 0.00000121. The predicted molar refractivity (Wildman–Crippen MR) is 46.1 cm³/mol. The van der Waals surface area contributed by atoms with E-state index < -0.39 is 11.8 Å². The van der Waals surface area contributed by atoms with Crippen molar-refractivity contribution < 1.29 is 14.6 Å². The first kappa shape index (κ1) is 11.7. The molecule has 5 heteroatoms. The summed E-state index contributed by atoms with van der Waals surface area (Å²) in [4.78, 5) is 10.5. The Bertz CT molecular complexity index is 157. The maximum absolute atomic E-state index is 10.5. The average molecular weight is 196 g/mol. The molecule has 0 saturated carbocycles. The minimum absolute atomic E-state index is 0. The molecule has 1 heterocycles. The summed E-state index contributed by atoms with van der Waals surface area (Å²) in [6, 6.07) is 0. The van der Waals surface area contributed by atoms with Gasteiger partial charge >= 0.3 is 5.97 Å². The van der Waals surface area contributed by atoms with Gasteiger partial charge in [0.2, 0.25) is 5.79 Å². The summed E-state index contributed by atoms with van der Waals surface area (Å²) in [5, 5.41) is 12.6. The molecule has 0 spiro atoms. The third kappa shape index (κ3) is 3.38. The van der Waals surface area contributed by atoms with E-state index in [9.17, 15) is 9.90 Å². The Kier molecular flexibility index (Phi) is 4.52. The summed E-state index contributed by atoms with van der Waals surface area (Å²) < 4.78 is 4.76. The summed E-state index contributed by atoms with van der Waals surface area (Å²) in [5.41, 5.74) is 0. The predicted octanol–water partition coefficient (Wildman–Crippen LogP) is 0.0433. The van der Waals surface area contributed by atoms with Crippen LogP contribution >= 0.6 is 12.4 Å². The number of nitrogens with one attached hydrogen (secondary N) is 1. The van der Waals surface area contributed by atoms with E-state index >= 15 is 0 Å². The van der Waals surface area contributed by atoms with Crippen molar-refractivity contribution in [1.82, 2.24) is 5.32 Å². The molecule has 0 aromatic heterocycles. The zero-order chi connectivity index (χ0) is 8.32. The lowest BCUT2D eigenvalue weighted by Gasteiger charge is -2.31. The topological polar surface area (TPSA) is 58.6 Å². The molecular formula is C7H14ClNO3. The van der Waals surface area contributed by atoms with Gasteiger partial charge in [-0.1, -0.05) is 0 Å². The molecule has 0 radical (unpaired) electrons. The highest BCUT2D eigenvalue weighted by Gasteiger charge is 2.31. The Morgan fingerprint density at radius 3 is 2.42 bits per heavy atom. The van der Waals surface area contributed by atoms with E-state index in [4.69, 9.17) is 4.74 Å². The van der Waals surface area contributed by atoms with Gasteiger partial charge in [0.1, 0.15) is 0 Å². The number of carbonyl (C=O) groups is 1. The van der Waals surface area contributed by atoms with E-state index in [2.05, 4.69) is 5.32 Å². The molecule has 2 N–H and O–H groups in total. The molecule has 4 nitrogen and oxygen atoms in total. The third-order valence-corrected chi connectivity index (χ3v) is 1.72. The van der Waals surface area contributed by atoms with Crippen molar-refractivity contribution in [2.75, 3.05) is 13.1 Å². The van der Waals surface area contributed by atoms with E-state index in [1.165, 1.54) is 6.92 Å². The number of rotatable bonds is 1. The minimum atomic E-state index is -1.21. The minimum Gasteiger partial charge on any atom is -0.433 e. The molecule has 12 heavy (non-hydrogen) atoms. The molecule has 0 aromatic rings. The monoisotopic (exact) mass is 195 g/mol. The summed E-state index contributed by atoms with van der Waals surface area (Å²) in [7, 11) is 0. The number of halogens is 1. The van der Waals surface area contributed by atoms with Crippen LogP contribution in [0.1, 0.15) is 19.8 Å². The Labute approximate surface area is 77.7 Å². The second kappa shape index (κ2) is 4.64. The van der Waals surface area contributed by atoms with Crippen LogP contribution in [0.3, 0.4) is 0 Å². The van der Waals surface area contributed by atoms with Gasteiger partial charge in [-0.2, -0.15) is 0 Å². The SMILES string of the molecule is CC(=O)OC1(O)CCNCC1.Cl.